The van der Waals surface area contributed by atoms with E-state index < -0.39 is 48.4 Å². The van der Waals surface area contributed by atoms with Gasteiger partial charge in [-0.2, -0.15) is 12.6 Å². The molecule has 0 aliphatic carbocycles. The Morgan fingerprint density at radius 1 is 1.03 bits per heavy atom. The molecule has 0 aromatic heterocycles. The largest absolute Gasteiger partial charge is 0.508 e. The Bertz CT molecular complexity index is 771. The highest BCUT2D eigenvalue weighted by Crippen LogP contribution is 2.11. The van der Waals surface area contributed by atoms with Crippen LogP contribution in [0.4, 0.5) is 0 Å². The predicted octanol–water partition coefficient (Wildman–Crippen LogP) is -0.592. The van der Waals surface area contributed by atoms with Crippen LogP contribution in [0.25, 0.3) is 0 Å². The lowest BCUT2D eigenvalue weighted by Crippen LogP contribution is -2.54. The van der Waals surface area contributed by atoms with Crippen LogP contribution in [0.2, 0.25) is 0 Å². The third-order valence-electron chi connectivity index (χ3n) is 4.31. The molecule has 0 heterocycles. The van der Waals surface area contributed by atoms with Crippen LogP contribution in [-0.4, -0.2) is 64.3 Å². The molecular weight excluding hydrogens is 424 g/mol. The molecule has 1 aromatic carbocycles. The molecule has 0 bridgehead atoms. The fourth-order valence-electron chi connectivity index (χ4n) is 2.68. The number of carbonyl (C=O) groups is 4. The maximum Gasteiger partial charge on any atom is 0.327 e. The van der Waals surface area contributed by atoms with Crippen LogP contribution in [0.3, 0.4) is 0 Å². The summed E-state index contributed by atoms with van der Waals surface area (Å²) in [5, 5.41) is 25.5. The van der Waals surface area contributed by atoms with Gasteiger partial charge in [-0.15, -0.1) is 0 Å². The Morgan fingerprint density at radius 2 is 1.65 bits per heavy atom. The fraction of sp³-hybridized carbons (Fsp3) is 0.500. The molecule has 0 aliphatic rings. The molecule has 1 rings (SSSR count). The second kappa shape index (κ2) is 12.8. The summed E-state index contributed by atoms with van der Waals surface area (Å²) in [5.41, 5.74) is 6.70. The molecule has 3 unspecified atom stereocenters. The zero-order valence-electron chi connectivity index (χ0n) is 17.5. The zero-order chi connectivity index (χ0) is 23.6. The molecule has 3 atom stereocenters. The van der Waals surface area contributed by atoms with Gasteiger partial charge in [0.15, 0.2) is 0 Å². The number of benzene rings is 1. The van der Waals surface area contributed by atoms with Gasteiger partial charge in [-0.1, -0.05) is 26.0 Å². The quantitative estimate of drug-likeness (QED) is 0.207. The molecule has 3 amide bonds. The van der Waals surface area contributed by atoms with Crippen molar-refractivity contribution in [3.05, 3.63) is 29.8 Å². The van der Waals surface area contributed by atoms with Gasteiger partial charge in [-0.05, 0) is 36.5 Å². The van der Waals surface area contributed by atoms with Crippen LogP contribution in [0.15, 0.2) is 24.3 Å². The minimum absolute atomic E-state index is 0.0683. The van der Waals surface area contributed by atoms with Crippen molar-refractivity contribution in [3.8, 4) is 5.75 Å². The van der Waals surface area contributed by atoms with Crippen molar-refractivity contribution in [2.45, 2.75) is 44.8 Å². The number of carbonyl (C=O) groups excluding carboxylic acids is 3. The summed E-state index contributed by atoms with van der Waals surface area (Å²) in [6.45, 7) is 3.31. The number of phenolic OH excluding ortho intramolecular Hbond substituents is 1. The Balaban J connectivity index is 2.66. The molecule has 31 heavy (non-hydrogen) atoms. The average molecular weight is 455 g/mol. The van der Waals surface area contributed by atoms with Crippen molar-refractivity contribution in [3.63, 3.8) is 0 Å². The third-order valence-corrected chi connectivity index (χ3v) is 4.67. The minimum Gasteiger partial charge on any atom is -0.508 e. The zero-order valence-corrected chi connectivity index (χ0v) is 18.4. The summed E-state index contributed by atoms with van der Waals surface area (Å²) in [6, 6.07) is 3.28. The van der Waals surface area contributed by atoms with E-state index in [-0.39, 0.29) is 23.8 Å². The number of carboxylic acids is 1. The number of hydrogen-bond acceptors (Lipinski definition) is 7. The van der Waals surface area contributed by atoms with Gasteiger partial charge < -0.3 is 31.9 Å². The first kappa shape index (κ1) is 26.2. The van der Waals surface area contributed by atoms with Crippen molar-refractivity contribution in [1.82, 2.24) is 16.0 Å². The first-order valence-corrected chi connectivity index (χ1v) is 10.4. The summed E-state index contributed by atoms with van der Waals surface area (Å²) in [6.07, 6.45) is 0.532. The van der Waals surface area contributed by atoms with Crippen LogP contribution in [-0.2, 0) is 25.6 Å². The lowest BCUT2D eigenvalue weighted by molar-refractivity contribution is -0.141. The van der Waals surface area contributed by atoms with Crippen LogP contribution in [0.1, 0.15) is 25.8 Å². The van der Waals surface area contributed by atoms with Gasteiger partial charge in [0.25, 0.3) is 0 Å². The maximum atomic E-state index is 12.5. The monoisotopic (exact) mass is 454 g/mol. The molecule has 0 radical (unpaired) electrons. The van der Waals surface area contributed by atoms with Gasteiger partial charge in [0.1, 0.15) is 17.8 Å². The molecule has 0 saturated heterocycles. The number of rotatable bonds is 12. The minimum atomic E-state index is -1.23. The normalized spacial score (nSPS) is 13.7. The number of phenols is 1. The van der Waals surface area contributed by atoms with Gasteiger partial charge in [0, 0.05) is 5.75 Å². The van der Waals surface area contributed by atoms with E-state index in [1.165, 1.54) is 12.1 Å². The van der Waals surface area contributed by atoms with Crippen molar-refractivity contribution >= 4 is 36.3 Å². The van der Waals surface area contributed by atoms with Gasteiger partial charge in [0.05, 0.1) is 12.6 Å². The van der Waals surface area contributed by atoms with E-state index in [0.717, 1.165) is 5.56 Å². The average Bonchev–Trinajstić information content (AvgIpc) is 2.70. The van der Waals surface area contributed by atoms with E-state index in [4.69, 9.17) is 10.8 Å². The van der Waals surface area contributed by atoms with Crippen molar-refractivity contribution < 1.29 is 29.4 Å². The lowest BCUT2D eigenvalue weighted by Gasteiger charge is -2.22. The summed E-state index contributed by atoms with van der Waals surface area (Å²) in [5.74, 6) is -2.95. The van der Waals surface area contributed by atoms with Crippen LogP contribution >= 0.6 is 12.6 Å². The number of amides is 3. The highest BCUT2D eigenvalue weighted by Gasteiger charge is 2.25. The second-order valence-corrected chi connectivity index (χ2v) is 7.89. The Morgan fingerprint density at radius 3 is 2.16 bits per heavy atom. The molecule has 0 aliphatic heterocycles. The molecule has 0 fully saturated rings. The number of nitrogens with one attached hydrogen (secondary N) is 3. The summed E-state index contributed by atoms with van der Waals surface area (Å²) in [4.78, 5) is 47.8. The molecule has 1 aromatic rings. The first-order valence-electron chi connectivity index (χ1n) is 9.78. The Kier molecular flexibility index (Phi) is 10.8. The molecule has 172 valence electrons. The number of hydrogen-bond donors (Lipinski definition) is 7. The van der Waals surface area contributed by atoms with Crippen LogP contribution in [0.5, 0.6) is 5.75 Å². The molecular formula is C20H30N4O6S. The van der Waals surface area contributed by atoms with Crippen molar-refractivity contribution in [2.75, 3.05) is 12.3 Å². The number of nitrogens with two attached hydrogens (primary N) is 1. The predicted molar refractivity (Wildman–Crippen MR) is 118 cm³/mol. The molecule has 7 N–H and O–H groups in total. The summed E-state index contributed by atoms with van der Waals surface area (Å²) >= 11 is 3.85. The number of carboxylic acid groups (broad SMARTS) is 1. The van der Waals surface area contributed by atoms with E-state index in [1.54, 1.807) is 12.1 Å². The third kappa shape index (κ3) is 9.71. The van der Waals surface area contributed by atoms with E-state index in [9.17, 15) is 24.3 Å². The molecule has 0 spiro atoms. The smallest absolute Gasteiger partial charge is 0.327 e. The Labute approximate surface area is 186 Å². The van der Waals surface area contributed by atoms with Gasteiger partial charge >= 0.3 is 5.97 Å². The van der Waals surface area contributed by atoms with E-state index >= 15 is 0 Å². The van der Waals surface area contributed by atoms with Crippen LogP contribution in [0, 0.1) is 5.92 Å². The van der Waals surface area contributed by atoms with E-state index in [1.807, 2.05) is 13.8 Å². The Hall–Kier alpha value is -2.79. The maximum absolute atomic E-state index is 12.5. The fourth-order valence-corrected chi connectivity index (χ4v) is 2.93. The van der Waals surface area contributed by atoms with E-state index in [2.05, 4.69) is 28.6 Å². The van der Waals surface area contributed by atoms with E-state index in [0.29, 0.717) is 6.42 Å². The molecule has 10 nitrogen and oxygen atoms in total. The highest BCUT2D eigenvalue weighted by atomic mass is 32.1. The SMILES string of the molecule is CC(C)CC(NC(=O)C(N)Cc1ccc(O)cc1)C(=O)NCC(=O)NC(CS)C(=O)O. The highest BCUT2D eigenvalue weighted by molar-refractivity contribution is 7.80. The number of aliphatic carboxylic acids is 1. The van der Waals surface area contributed by atoms with Crippen molar-refractivity contribution in [2.24, 2.45) is 11.7 Å². The number of thiol groups is 1. The summed E-state index contributed by atoms with van der Waals surface area (Å²) < 4.78 is 0. The van der Waals surface area contributed by atoms with Gasteiger partial charge in [0.2, 0.25) is 17.7 Å². The van der Waals surface area contributed by atoms with Gasteiger partial charge in [-0.3, -0.25) is 14.4 Å². The van der Waals surface area contributed by atoms with Crippen LogP contribution < -0.4 is 21.7 Å². The topological polar surface area (TPSA) is 171 Å². The van der Waals surface area contributed by atoms with Crippen molar-refractivity contribution in [1.29, 1.82) is 0 Å². The summed E-state index contributed by atoms with van der Waals surface area (Å²) in [7, 11) is 0. The standard InChI is InChI=1S/C20H30N4O6S/c1-11(2)7-15(19(28)22-9-17(26)23-16(10-31)20(29)30)24-18(27)14(21)8-12-3-5-13(25)6-4-12/h3-6,11,14-16,25,31H,7-10,21H2,1-2H3,(H,22,28)(H,23,26)(H,24,27)(H,29,30). The van der Waals surface area contributed by atoms with Gasteiger partial charge in [-0.25, -0.2) is 4.79 Å². The molecule has 0 saturated carbocycles. The molecule has 11 heteroatoms. The first-order chi connectivity index (χ1) is 14.5. The number of aromatic hydroxyl groups is 1. The second-order valence-electron chi connectivity index (χ2n) is 7.53. The lowest BCUT2D eigenvalue weighted by atomic mass is 10.0.